The Morgan fingerprint density at radius 3 is 2.89 bits per heavy atom. The van der Waals surface area contributed by atoms with E-state index in [1.54, 1.807) is 0 Å². The van der Waals surface area contributed by atoms with Gasteiger partial charge < -0.3 is 4.90 Å². The molecule has 0 aromatic heterocycles. The summed E-state index contributed by atoms with van der Waals surface area (Å²) < 4.78 is 0. The zero-order valence-electron chi connectivity index (χ0n) is 6.19. The quantitative estimate of drug-likeness (QED) is 0.445. The van der Waals surface area contributed by atoms with Crippen LogP contribution in [0.15, 0.2) is 12.2 Å². The van der Waals surface area contributed by atoms with Crippen LogP contribution in [0.3, 0.4) is 0 Å². The Hall–Kier alpha value is -0.300. The first-order valence-corrected chi connectivity index (χ1v) is 3.64. The Labute approximate surface area is 57.4 Å². The molecule has 1 saturated heterocycles. The van der Waals surface area contributed by atoms with Crippen molar-refractivity contribution < 1.29 is 0 Å². The van der Waals surface area contributed by atoms with Crippen LogP contribution in [0.4, 0.5) is 0 Å². The first-order valence-electron chi connectivity index (χ1n) is 3.64. The van der Waals surface area contributed by atoms with Crippen molar-refractivity contribution >= 4 is 0 Å². The van der Waals surface area contributed by atoms with Crippen molar-refractivity contribution in [1.29, 1.82) is 0 Å². The molecule has 1 fully saturated rings. The van der Waals surface area contributed by atoms with Crippen LogP contribution >= 0.6 is 0 Å². The predicted octanol–water partition coefficient (Wildman–Crippen LogP) is 1.66. The van der Waals surface area contributed by atoms with Crippen LogP contribution in [0.25, 0.3) is 0 Å². The van der Waals surface area contributed by atoms with Crippen molar-refractivity contribution in [2.75, 3.05) is 20.1 Å². The second kappa shape index (κ2) is 3.02. The van der Waals surface area contributed by atoms with Gasteiger partial charge in [-0.25, -0.2) is 0 Å². The summed E-state index contributed by atoms with van der Waals surface area (Å²) in [5.74, 6) is 0. The summed E-state index contributed by atoms with van der Waals surface area (Å²) >= 11 is 0. The van der Waals surface area contributed by atoms with Gasteiger partial charge in [-0.3, -0.25) is 0 Å². The third kappa shape index (κ3) is 2.19. The van der Waals surface area contributed by atoms with Gasteiger partial charge in [0.25, 0.3) is 0 Å². The van der Waals surface area contributed by atoms with Gasteiger partial charge in [-0.1, -0.05) is 12.2 Å². The van der Waals surface area contributed by atoms with E-state index in [0.717, 1.165) is 0 Å². The summed E-state index contributed by atoms with van der Waals surface area (Å²) in [5, 5.41) is 0. The maximum absolute atomic E-state index is 3.98. The Bertz CT molecular complexity index is 107. The third-order valence-corrected chi connectivity index (χ3v) is 1.92. The van der Waals surface area contributed by atoms with Crippen molar-refractivity contribution in [3.63, 3.8) is 0 Å². The lowest BCUT2D eigenvalue weighted by atomic mass is 10.1. The van der Waals surface area contributed by atoms with E-state index < -0.39 is 0 Å². The molecule has 9 heavy (non-hydrogen) atoms. The molecule has 1 rings (SSSR count). The topological polar surface area (TPSA) is 3.24 Å². The molecule has 1 aliphatic heterocycles. The van der Waals surface area contributed by atoms with Crippen LogP contribution < -0.4 is 0 Å². The average molecular weight is 125 g/mol. The van der Waals surface area contributed by atoms with Gasteiger partial charge in [0.05, 0.1) is 0 Å². The summed E-state index contributed by atoms with van der Waals surface area (Å²) in [6.07, 6.45) is 3.75. The van der Waals surface area contributed by atoms with E-state index in [-0.39, 0.29) is 0 Å². The fraction of sp³-hybridized carbons (Fsp3) is 0.750. The Balaban J connectivity index is 2.34. The summed E-state index contributed by atoms with van der Waals surface area (Å²) in [7, 11) is 2.18. The smallest absolute Gasteiger partial charge is 0.00154 e. The molecule has 0 aliphatic carbocycles. The Morgan fingerprint density at radius 2 is 2.11 bits per heavy atom. The van der Waals surface area contributed by atoms with E-state index >= 15 is 0 Å². The minimum Gasteiger partial charge on any atom is -0.306 e. The van der Waals surface area contributed by atoms with Crippen molar-refractivity contribution in [2.45, 2.75) is 19.3 Å². The number of hydrogen-bond acceptors (Lipinski definition) is 1. The van der Waals surface area contributed by atoms with Crippen LogP contribution in [0.1, 0.15) is 19.3 Å². The zero-order chi connectivity index (χ0) is 6.69. The Kier molecular flexibility index (Phi) is 2.29. The minimum absolute atomic E-state index is 1.20. The van der Waals surface area contributed by atoms with E-state index in [4.69, 9.17) is 0 Å². The van der Waals surface area contributed by atoms with Gasteiger partial charge in [0.1, 0.15) is 0 Å². The van der Waals surface area contributed by atoms with Gasteiger partial charge in [-0.2, -0.15) is 0 Å². The molecule has 0 saturated carbocycles. The number of nitrogens with zero attached hydrogens (tertiary/aromatic N) is 1. The van der Waals surface area contributed by atoms with E-state index in [0.29, 0.717) is 0 Å². The van der Waals surface area contributed by atoms with E-state index in [1.807, 2.05) is 0 Å². The van der Waals surface area contributed by atoms with Crippen molar-refractivity contribution in [1.82, 2.24) is 4.90 Å². The highest BCUT2D eigenvalue weighted by Crippen LogP contribution is 2.12. The molecule has 0 N–H and O–H groups in total. The highest BCUT2D eigenvalue weighted by molar-refractivity contribution is 4.96. The zero-order valence-corrected chi connectivity index (χ0v) is 6.19. The molecule has 0 radical (unpaired) electrons. The molecule has 1 aliphatic rings. The molecule has 0 bridgehead atoms. The summed E-state index contributed by atoms with van der Waals surface area (Å²) in [6.45, 7) is 6.44. The first kappa shape index (κ1) is 6.81. The van der Waals surface area contributed by atoms with Crippen LogP contribution in [0.2, 0.25) is 0 Å². The van der Waals surface area contributed by atoms with Gasteiger partial charge >= 0.3 is 0 Å². The number of likely N-dealkylation sites (tertiary alicyclic amines) is 1. The number of rotatable bonds is 0. The fourth-order valence-electron chi connectivity index (χ4n) is 1.18. The maximum Gasteiger partial charge on any atom is 0.00154 e. The lowest BCUT2D eigenvalue weighted by Crippen LogP contribution is -2.18. The molecule has 52 valence electrons. The molecular formula is C8H15N. The average Bonchev–Trinajstić information content (AvgIpc) is 1.97. The molecule has 0 aromatic rings. The monoisotopic (exact) mass is 125 g/mol. The third-order valence-electron chi connectivity index (χ3n) is 1.92. The molecule has 1 heterocycles. The lowest BCUT2D eigenvalue weighted by molar-refractivity contribution is 0.351. The summed E-state index contributed by atoms with van der Waals surface area (Å²) in [6, 6.07) is 0. The minimum atomic E-state index is 1.20. The van der Waals surface area contributed by atoms with Gasteiger partial charge in [0.15, 0.2) is 0 Å². The lowest BCUT2D eigenvalue weighted by Gasteiger charge is -2.10. The van der Waals surface area contributed by atoms with Crippen LogP contribution in [0.5, 0.6) is 0 Å². The molecule has 0 aromatic carbocycles. The predicted molar refractivity (Wildman–Crippen MR) is 40.5 cm³/mol. The highest BCUT2D eigenvalue weighted by Gasteiger charge is 2.04. The molecular weight excluding hydrogens is 110 g/mol. The van der Waals surface area contributed by atoms with E-state index in [9.17, 15) is 0 Å². The molecule has 1 heteroatoms. The number of hydrogen-bond donors (Lipinski definition) is 0. The van der Waals surface area contributed by atoms with Crippen LogP contribution in [-0.4, -0.2) is 25.0 Å². The molecule has 1 nitrogen and oxygen atoms in total. The summed E-state index contributed by atoms with van der Waals surface area (Å²) in [4.78, 5) is 2.37. The van der Waals surface area contributed by atoms with Crippen molar-refractivity contribution in [3.05, 3.63) is 12.2 Å². The first-order chi connectivity index (χ1) is 4.29. The van der Waals surface area contributed by atoms with Gasteiger partial charge in [-0.15, -0.1) is 0 Å². The molecule has 0 unspecified atom stereocenters. The normalized spacial score (nSPS) is 23.9. The fourth-order valence-corrected chi connectivity index (χ4v) is 1.18. The van der Waals surface area contributed by atoms with E-state index in [2.05, 4.69) is 18.5 Å². The second-order valence-electron chi connectivity index (χ2n) is 2.91. The van der Waals surface area contributed by atoms with Gasteiger partial charge in [0, 0.05) is 6.54 Å². The van der Waals surface area contributed by atoms with Gasteiger partial charge in [0.2, 0.25) is 0 Å². The maximum atomic E-state index is 3.98. The van der Waals surface area contributed by atoms with Crippen molar-refractivity contribution in [2.24, 2.45) is 0 Å². The SMILES string of the molecule is C=C1CCCN(C)CC1. The van der Waals surface area contributed by atoms with Crippen LogP contribution in [0, 0.1) is 0 Å². The summed E-state index contributed by atoms with van der Waals surface area (Å²) in [5.41, 5.74) is 1.43. The van der Waals surface area contributed by atoms with Crippen molar-refractivity contribution in [3.8, 4) is 0 Å². The van der Waals surface area contributed by atoms with Crippen LogP contribution in [-0.2, 0) is 0 Å². The molecule has 0 atom stereocenters. The Morgan fingerprint density at radius 1 is 1.33 bits per heavy atom. The van der Waals surface area contributed by atoms with E-state index in [1.165, 1.54) is 37.9 Å². The molecule has 0 amide bonds. The van der Waals surface area contributed by atoms with Gasteiger partial charge in [-0.05, 0) is 32.9 Å². The highest BCUT2D eigenvalue weighted by atomic mass is 15.1. The standard InChI is InChI=1S/C8H15N/c1-8-4-3-6-9(2)7-5-8/h1,3-7H2,2H3. The largest absolute Gasteiger partial charge is 0.306 e. The molecule has 0 spiro atoms. The second-order valence-corrected chi connectivity index (χ2v) is 2.91.